The number of fused-ring (bicyclic) bond motifs is 8. The molecule has 0 radical (unpaired) electrons. The fraction of sp³-hybridized carbons (Fsp3) is 0.121. The Morgan fingerprint density at radius 1 is 0.324 bits per heavy atom. The van der Waals surface area contributed by atoms with E-state index in [9.17, 15) is 0 Å². The lowest BCUT2D eigenvalue weighted by Gasteiger charge is -2.29. The first-order valence-electron chi connectivity index (χ1n) is 24.0. The summed E-state index contributed by atoms with van der Waals surface area (Å²) in [6, 6.07) is 76.6. The van der Waals surface area contributed by atoms with Gasteiger partial charge in [-0.15, -0.1) is 0 Å². The van der Waals surface area contributed by atoms with E-state index in [-0.39, 0.29) is 10.8 Å². The highest BCUT2D eigenvalue weighted by Crippen LogP contribution is 2.53. The van der Waals surface area contributed by atoms with Gasteiger partial charge < -0.3 is 9.80 Å². The van der Waals surface area contributed by atoms with Gasteiger partial charge in [-0.3, -0.25) is 0 Å². The molecule has 68 heavy (non-hydrogen) atoms. The average molecular weight is 875 g/mol. The van der Waals surface area contributed by atoms with E-state index in [2.05, 4.69) is 270 Å². The molecule has 0 spiro atoms. The summed E-state index contributed by atoms with van der Waals surface area (Å²) in [5.41, 5.74) is 22.2. The first kappa shape index (κ1) is 41.5. The molecule has 0 amide bonds. The molecule has 12 rings (SSSR count). The van der Waals surface area contributed by atoms with Crippen LogP contribution in [0.3, 0.4) is 0 Å². The van der Waals surface area contributed by atoms with Gasteiger partial charge in [-0.1, -0.05) is 179 Å². The summed E-state index contributed by atoms with van der Waals surface area (Å²) in [6.07, 6.45) is 4.59. The molecule has 0 bridgehead atoms. The highest BCUT2D eigenvalue weighted by Gasteiger charge is 2.38. The van der Waals surface area contributed by atoms with Gasteiger partial charge in [0.1, 0.15) is 0 Å². The predicted molar refractivity (Wildman–Crippen MR) is 291 cm³/mol. The Hall–Kier alpha value is -7.94. The van der Waals surface area contributed by atoms with Crippen molar-refractivity contribution >= 4 is 67.8 Å². The van der Waals surface area contributed by atoms with Crippen LogP contribution in [-0.2, 0) is 10.8 Å². The van der Waals surface area contributed by atoms with Gasteiger partial charge >= 0.3 is 0 Å². The zero-order valence-electron chi connectivity index (χ0n) is 39.7. The molecule has 0 saturated carbocycles. The first-order valence-corrected chi connectivity index (χ1v) is 24.0. The van der Waals surface area contributed by atoms with Crippen molar-refractivity contribution < 1.29 is 0 Å². The normalized spacial score (nSPS) is 13.9. The second kappa shape index (κ2) is 15.9. The maximum Gasteiger partial charge on any atom is 0.0490 e. The van der Waals surface area contributed by atoms with Gasteiger partial charge in [0, 0.05) is 45.0 Å². The zero-order valence-corrected chi connectivity index (χ0v) is 39.7. The molecule has 10 aromatic carbocycles. The van der Waals surface area contributed by atoms with Crippen molar-refractivity contribution in [2.24, 2.45) is 0 Å². The monoisotopic (exact) mass is 874 g/mol. The minimum atomic E-state index is -0.184. The number of hydrogen-bond acceptors (Lipinski definition) is 2. The highest BCUT2D eigenvalue weighted by atomic mass is 15.1. The second-order valence-corrected chi connectivity index (χ2v) is 20.0. The molecule has 0 atom stereocenters. The van der Waals surface area contributed by atoms with Gasteiger partial charge in [0.15, 0.2) is 0 Å². The van der Waals surface area contributed by atoms with Crippen LogP contribution in [0.1, 0.15) is 72.2 Å². The summed E-state index contributed by atoms with van der Waals surface area (Å²) in [4.78, 5) is 4.84. The predicted octanol–water partition coefficient (Wildman–Crippen LogP) is 18.3. The van der Waals surface area contributed by atoms with E-state index in [4.69, 9.17) is 0 Å². The molecule has 0 unspecified atom stereocenters. The van der Waals surface area contributed by atoms with Crippen LogP contribution in [0.25, 0.3) is 56.0 Å². The van der Waals surface area contributed by atoms with Crippen LogP contribution in [0.15, 0.2) is 206 Å². The molecule has 2 aliphatic rings. The SMILES string of the molecule is Cc1cccc(N(c2ccc3c(c2)C(C)(C)c2cc(/C=C/c4ccc5c(c4)C(C)(C)c4cc(N(c6ccc7ccccc7c6)c6ccccc6C)ccc4-5)ccc2-3)c2ccc3ccccc3c2)c1. The number of nitrogens with zero attached hydrogens (tertiary/aromatic N) is 2. The summed E-state index contributed by atoms with van der Waals surface area (Å²) in [7, 11) is 0. The van der Waals surface area contributed by atoms with Crippen LogP contribution < -0.4 is 9.80 Å². The lowest BCUT2D eigenvalue weighted by Crippen LogP contribution is -2.17. The lowest BCUT2D eigenvalue weighted by molar-refractivity contribution is 0.660. The average Bonchev–Trinajstić information content (AvgIpc) is 3.72. The molecule has 328 valence electrons. The third-order valence-corrected chi connectivity index (χ3v) is 15.0. The molecule has 10 aromatic rings. The van der Waals surface area contributed by atoms with Crippen molar-refractivity contribution in [1.82, 2.24) is 0 Å². The Balaban J connectivity index is 0.847. The zero-order chi connectivity index (χ0) is 46.3. The molecule has 0 fully saturated rings. The molecule has 0 aromatic heterocycles. The van der Waals surface area contributed by atoms with E-state index in [0.29, 0.717) is 0 Å². The number of anilines is 6. The number of para-hydroxylation sites is 1. The molecule has 0 N–H and O–H groups in total. The fourth-order valence-corrected chi connectivity index (χ4v) is 11.3. The van der Waals surface area contributed by atoms with E-state index in [0.717, 1.165) is 22.7 Å². The largest absolute Gasteiger partial charge is 0.310 e. The third kappa shape index (κ3) is 6.86. The lowest BCUT2D eigenvalue weighted by atomic mass is 9.81. The molecule has 0 heterocycles. The van der Waals surface area contributed by atoms with Crippen LogP contribution in [0.4, 0.5) is 34.1 Å². The Morgan fingerprint density at radius 3 is 1.26 bits per heavy atom. The van der Waals surface area contributed by atoms with E-state index >= 15 is 0 Å². The van der Waals surface area contributed by atoms with Crippen molar-refractivity contribution in [1.29, 1.82) is 0 Å². The summed E-state index contributed by atoms with van der Waals surface area (Å²) < 4.78 is 0. The molecular formula is C66H54N2. The van der Waals surface area contributed by atoms with Gasteiger partial charge in [-0.25, -0.2) is 0 Å². The van der Waals surface area contributed by atoms with E-state index in [1.165, 1.54) is 99.7 Å². The maximum atomic E-state index is 2.43. The van der Waals surface area contributed by atoms with Crippen molar-refractivity contribution in [3.05, 3.63) is 251 Å². The van der Waals surface area contributed by atoms with Gasteiger partial charge in [-0.2, -0.15) is 0 Å². The first-order chi connectivity index (χ1) is 33.0. The third-order valence-electron chi connectivity index (χ3n) is 15.0. The van der Waals surface area contributed by atoms with E-state index in [1.807, 2.05) is 0 Å². The topological polar surface area (TPSA) is 6.48 Å². The summed E-state index contributed by atoms with van der Waals surface area (Å²) >= 11 is 0. The Kier molecular flexibility index (Phi) is 9.67. The van der Waals surface area contributed by atoms with Crippen LogP contribution in [0, 0.1) is 13.8 Å². The highest BCUT2D eigenvalue weighted by molar-refractivity contribution is 5.93. The van der Waals surface area contributed by atoms with Crippen LogP contribution >= 0.6 is 0 Å². The number of aryl methyl sites for hydroxylation is 2. The van der Waals surface area contributed by atoms with Crippen LogP contribution in [0.2, 0.25) is 0 Å². The summed E-state index contributed by atoms with van der Waals surface area (Å²) in [6.45, 7) is 13.9. The van der Waals surface area contributed by atoms with Gasteiger partial charge in [0.2, 0.25) is 0 Å². The van der Waals surface area contributed by atoms with E-state index < -0.39 is 0 Å². The number of hydrogen-bond donors (Lipinski definition) is 0. The minimum absolute atomic E-state index is 0.183. The van der Waals surface area contributed by atoms with E-state index in [1.54, 1.807) is 0 Å². The molecular weight excluding hydrogens is 821 g/mol. The maximum absolute atomic E-state index is 2.43. The van der Waals surface area contributed by atoms with Crippen molar-refractivity contribution in [3.63, 3.8) is 0 Å². The second-order valence-electron chi connectivity index (χ2n) is 20.0. The van der Waals surface area contributed by atoms with Gasteiger partial charge in [-0.05, 0) is 169 Å². The summed E-state index contributed by atoms with van der Waals surface area (Å²) in [5, 5.41) is 4.96. The number of rotatable bonds is 8. The Morgan fingerprint density at radius 2 is 0.735 bits per heavy atom. The standard InChI is InChI=1S/C66H54N2/c1-43-14-13-20-51(36-43)67(52-28-26-47-16-8-10-18-49(47)39-52)54-30-34-58-56-32-24-45(37-60(56)65(3,4)62(58)41-54)22-23-46-25-33-57-59-35-31-55(42-63(59)66(5,6)61(57)38-46)68(64-21-12-7-15-44(64)2)53-29-27-48-17-9-11-19-50(48)40-53/h7-42H,1-6H3/b23-22+. The molecule has 2 aliphatic carbocycles. The summed E-state index contributed by atoms with van der Waals surface area (Å²) in [5.74, 6) is 0. The van der Waals surface area contributed by atoms with Crippen molar-refractivity contribution in [3.8, 4) is 22.3 Å². The molecule has 0 aliphatic heterocycles. The van der Waals surface area contributed by atoms with Gasteiger partial charge in [0.25, 0.3) is 0 Å². The smallest absolute Gasteiger partial charge is 0.0490 e. The number of benzene rings is 10. The minimum Gasteiger partial charge on any atom is -0.310 e. The van der Waals surface area contributed by atoms with Gasteiger partial charge in [0.05, 0.1) is 0 Å². The molecule has 2 heteroatoms. The Bertz CT molecular complexity index is 3680. The quantitative estimate of drug-likeness (QED) is 0.140. The molecule has 0 saturated heterocycles. The van der Waals surface area contributed by atoms with Crippen molar-refractivity contribution in [2.75, 3.05) is 9.80 Å². The van der Waals surface area contributed by atoms with Crippen molar-refractivity contribution in [2.45, 2.75) is 52.4 Å². The fourth-order valence-electron chi connectivity index (χ4n) is 11.3. The Labute approximate surface area is 401 Å². The van der Waals surface area contributed by atoms with Crippen LogP contribution in [-0.4, -0.2) is 0 Å². The van der Waals surface area contributed by atoms with Crippen LogP contribution in [0.5, 0.6) is 0 Å². The molecule has 2 nitrogen and oxygen atoms in total.